The second kappa shape index (κ2) is 8.57. The number of hydrogen-bond donors (Lipinski definition) is 0. The van der Waals surface area contributed by atoms with Crippen LogP contribution in [0.15, 0.2) is 53.9 Å². The minimum Gasteiger partial charge on any atom is -0.336 e. The number of sulfonamides is 1. The van der Waals surface area contributed by atoms with Crippen molar-refractivity contribution in [1.29, 1.82) is 0 Å². The van der Waals surface area contributed by atoms with Crippen LogP contribution < -0.4 is 0 Å². The molecular formula is C24H25N3O5S. The first kappa shape index (κ1) is 22.9. The first-order valence-corrected chi connectivity index (χ1v) is 12.1. The fraction of sp³-hybridized carbons (Fsp3) is 0.292. The molecule has 4 rings (SSSR count). The molecule has 2 aromatic rings. The van der Waals surface area contributed by atoms with Gasteiger partial charge in [0.15, 0.2) is 0 Å². The van der Waals surface area contributed by atoms with Crippen LogP contribution in [0, 0.1) is 13.8 Å². The SMILES string of the molecule is C=CCN1C(=O)c2ccc(C(=O)N3CCN(S(=O)(=O)c4ccc(C)cc4C)CC3)cc2C1=O. The third-order valence-electron chi connectivity index (χ3n) is 6.00. The van der Waals surface area contributed by atoms with Crippen LogP contribution in [0.4, 0.5) is 0 Å². The average Bonchev–Trinajstić information content (AvgIpc) is 3.03. The number of imide groups is 1. The third kappa shape index (κ3) is 3.98. The van der Waals surface area contributed by atoms with Gasteiger partial charge in [0.2, 0.25) is 10.0 Å². The molecule has 8 nitrogen and oxygen atoms in total. The lowest BCUT2D eigenvalue weighted by atomic mass is 10.0. The third-order valence-corrected chi connectivity index (χ3v) is 8.06. The quantitative estimate of drug-likeness (QED) is 0.497. The molecule has 0 aliphatic carbocycles. The van der Waals surface area contributed by atoms with Gasteiger partial charge in [0, 0.05) is 38.3 Å². The zero-order valence-electron chi connectivity index (χ0n) is 18.6. The van der Waals surface area contributed by atoms with Crippen LogP contribution in [0.5, 0.6) is 0 Å². The Balaban J connectivity index is 1.48. The number of rotatable bonds is 5. The van der Waals surface area contributed by atoms with E-state index in [1.807, 2.05) is 13.0 Å². The summed E-state index contributed by atoms with van der Waals surface area (Å²) in [5.74, 6) is -1.16. The molecule has 3 amide bonds. The van der Waals surface area contributed by atoms with Gasteiger partial charge in [-0.15, -0.1) is 6.58 Å². The van der Waals surface area contributed by atoms with Gasteiger partial charge in [-0.05, 0) is 43.7 Å². The summed E-state index contributed by atoms with van der Waals surface area (Å²) < 4.78 is 27.6. The summed E-state index contributed by atoms with van der Waals surface area (Å²) in [5.41, 5.74) is 2.44. The fourth-order valence-corrected chi connectivity index (χ4v) is 5.89. The highest BCUT2D eigenvalue weighted by Crippen LogP contribution is 2.26. The molecule has 0 atom stereocenters. The Morgan fingerprint density at radius 2 is 1.64 bits per heavy atom. The van der Waals surface area contributed by atoms with E-state index in [0.29, 0.717) is 11.1 Å². The molecular weight excluding hydrogens is 442 g/mol. The zero-order valence-corrected chi connectivity index (χ0v) is 19.4. The van der Waals surface area contributed by atoms with Gasteiger partial charge in [0.05, 0.1) is 16.0 Å². The van der Waals surface area contributed by atoms with E-state index < -0.39 is 21.8 Å². The van der Waals surface area contributed by atoms with Crippen LogP contribution in [-0.4, -0.2) is 73.0 Å². The topological polar surface area (TPSA) is 95.1 Å². The molecule has 2 heterocycles. The molecule has 0 N–H and O–H groups in total. The molecule has 0 unspecified atom stereocenters. The van der Waals surface area contributed by atoms with Gasteiger partial charge in [-0.25, -0.2) is 8.42 Å². The second-order valence-corrected chi connectivity index (χ2v) is 10.1. The van der Waals surface area contributed by atoms with E-state index in [4.69, 9.17) is 0 Å². The van der Waals surface area contributed by atoms with Gasteiger partial charge in [0.25, 0.3) is 17.7 Å². The normalized spacial score (nSPS) is 16.8. The molecule has 1 saturated heterocycles. The van der Waals surface area contributed by atoms with E-state index in [-0.39, 0.29) is 54.7 Å². The lowest BCUT2D eigenvalue weighted by Crippen LogP contribution is -2.50. The van der Waals surface area contributed by atoms with Gasteiger partial charge >= 0.3 is 0 Å². The number of amides is 3. The van der Waals surface area contributed by atoms with Gasteiger partial charge in [-0.1, -0.05) is 23.8 Å². The van der Waals surface area contributed by atoms with E-state index in [2.05, 4.69) is 6.58 Å². The second-order valence-electron chi connectivity index (χ2n) is 8.24. The summed E-state index contributed by atoms with van der Waals surface area (Å²) in [7, 11) is -3.66. The molecule has 0 radical (unpaired) electrons. The first-order valence-electron chi connectivity index (χ1n) is 10.6. The van der Waals surface area contributed by atoms with Crippen molar-refractivity contribution in [3.05, 3.63) is 76.9 Å². The Hall–Kier alpha value is -3.30. The summed E-state index contributed by atoms with van der Waals surface area (Å²) in [4.78, 5) is 40.9. The minimum absolute atomic E-state index is 0.104. The number of carbonyl (C=O) groups is 3. The standard InChI is InChI=1S/C24H25N3O5S/c1-4-9-27-23(29)19-7-6-18(15-20(19)24(27)30)22(28)25-10-12-26(13-11-25)33(31,32)21-8-5-16(2)14-17(21)3/h4-8,14-15H,1,9-13H2,2-3H3. The Bertz CT molecular complexity index is 1280. The van der Waals surface area contributed by atoms with Crippen molar-refractivity contribution < 1.29 is 22.8 Å². The van der Waals surface area contributed by atoms with Crippen molar-refractivity contribution >= 4 is 27.7 Å². The number of nitrogens with zero attached hydrogens (tertiary/aromatic N) is 3. The molecule has 9 heteroatoms. The van der Waals surface area contributed by atoms with Crippen LogP contribution in [0.3, 0.4) is 0 Å². The van der Waals surface area contributed by atoms with Gasteiger partial charge in [0.1, 0.15) is 0 Å². The molecule has 2 aliphatic rings. The molecule has 2 aromatic carbocycles. The monoisotopic (exact) mass is 467 g/mol. The van der Waals surface area contributed by atoms with Gasteiger partial charge in [-0.2, -0.15) is 4.31 Å². The minimum atomic E-state index is -3.66. The molecule has 33 heavy (non-hydrogen) atoms. The predicted octanol–water partition coefficient (Wildman–Crippen LogP) is 2.23. The van der Waals surface area contributed by atoms with E-state index in [1.165, 1.54) is 28.6 Å². The van der Waals surface area contributed by atoms with Crippen molar-refractivity contribution in [1.82, 2.24) is 14.1 Å². The molecule has 0 saturated carbocycles. The van der Waals surface area contributed by atoms with Crippen molar-refractivity contribution in [2.45, 2.75) is 18.7 Å². The number of fused-ring (bicyclic) bond motifs is 1. The summed E-state index contributed by atoms with van der Waals surface area (Å²) in [5, 5.41) is 0. The molecule has 1 fully saturated rings. The summed E-state index contributed by atoms with van der Waals surface area (Å²) in [6.07, 6.45) is 1.47. The summed E-state index contributed by atoms with van der Waals surface area (Å²) in [6, 6.07) is 9.70. The Labute approximate surface area is 193 Å². The van der Waals surface area contributed by atoms with Crippen molar-refractivity contribution in [2.24, 2.45) is 0 Å². The van der Waals surface area contributed by atoms with Gasteiger partial charge in [-0.3, -0.25) is 19.3 Å². The smallest absolute Gasteiger partial charge is 0.261 e. The Morgan fingerprint density at radius 1 is 0.970 bits per heavy atom. The number of aryl methyl sites for hydroxylation is 2. The first-order chi connectivity index (χ1) is 15.6. The Morgan fingerprint density at radius 3 is 2.27 bits per heavy atom. The maximum Gasteiger partial charge on any atom is 0.261 e. The molecule has 0 bridgehead atoms. The van der Waals surface area contributed by atoms with E-state index >= 15 is 0 Å². The molecule has 0 aromatic heterocycles. The van der Waals surface area contributed by atoms with Crippen LogP contribution in [-0.2, 0) is 10.0 Å². The van der Waals surface area contributed by atoms with Crippen LogP contribution >= 0.6 is 0 Å². The number of carbonyl (C=O) groups excluding carboxylic acids is 3. The van der Waals surface area contributed by atoms with Gasteiger partial charge < -0.3 is 4.90 Å². The predicted molar refractivity (Wildman–Crippen MR) is 123 cm³/mol. The average molecular weight is 468 g/mol. The summed E-state index contributed by atoms with van der Waals surface area (Å²) in [6.45, 7) is 8.17. The van der Waals surface area contributed by atoms with Crippen molar-refractivity contribution in [3.8, 4) is 0 Å². The molecule has 2 aliphatic heterocycles. The Kier molecular flexibility index (Phi) is 5.94. The highest BCUT2D eigenvalue weighted by atomic mass is 32.2. The largest absolute Gasteiger partial charge is 0.336 e. The van der Waals surface area contributed by atoms with Crippen LogP contribution in [0.2, 0.25) is 0 Å². The van der Waals surface area contributed by atoms with Crippen LogP contribution in [0.25, 0.3) is 0 Å². The van der Waals surface area contributed by atoms with Crippen molar-refractivity contribution in [2.75, 3.05) is 32.7 Å². The maximum absolute atomic E-state index is 13.1. The maximum atomic E-state index is 13.1. The fourth-order valence-electron chi connectivity index (χ4n) is 4.26. The highest BCUT2D eigenvalue weighted by molar-refractivity contribution is 7.89. The zero-order chi connectivity index (χ0) is 23.9. The highest BCUT2D eigenvalue weighted by Gasteiger charge is 2.36. The molecule has 172 valence electrons. The molecule has 0 spiro atoms. The number of piperazine rings is 1. The number of hydrogen-bond acceptors (Lipinski definition) is 5. The van der Waals surface area contributed by atoms with E-state index in [1.54, 1.807) is 24.0 Å². The lowest BCUT2D eigenvalue weighted by Gasteiger charge is -2.34. The number of benzene rings is 2. The summed E-state index contributed by atoms with van der Waals surface area (Å²) >= 11 is 0. The van der Waals surface area contributed by atoms with E-state index in [9.17, 15) is 22.8 Å². The lowest BCUT2D eigenvalue weighted by molar-refractivity contribution is 0.0670. The van der Waals surface area contributed by atoms with Crippen LogP contribution in [0.1, 0.15) is 42.2 Å². The van der Waals surface area contributed by atoms with E-state index in [0.717, 1.165) is 10.5 Å². The van der Waals surface area contributed by atoms with Crippen molar-refractivity contribution in [3.63, 3.8) is 0 Å².